The maximum atomic E-state index is 12.5. The molecule has 1 N–H and O–H groups in total. The van der Waals surface area contributed by atoms with Gasteiger partial charge in [0.15, 0.2) is 0 Å². The Morgan fingerprint density at radius 3 is 2.48 bits per heavy atom. The van der Waals surface area contributed by atoms with E-state index < -0.39 is 0 Å². The van der Waals surface area contributed by atoms with Crippen LogP contribution in [-0.4, -0.2) is 22.0 Å². The lowest BCUT2D eigenvalue weighted by Gasteiger charge is -2.09. The Morgan fingerprint density at radius 2 is 1.69 bits per heavy atom. The van der Waals surface area contributed by atoms with Crippen LogP contribution < -0.4 is 5.32 Å². The second kappa shape index (κ2) is 8.97. The molecule has 0 aliphatic heterocycles. The fraction of sp³-hybridized carbons (Fsp3) is 0.167. The maximum Gasteiger partial charge on any atom is 0.251 e. The third-order valence-electron chi connectivity index (χ3n) is 4.83. The molecule has 0 radical (unpaired) electrons. The first kappa shape index (κ1) is 19.3. The first-order chi connectivity index (χ1) is 14.2. The first-order valence-electron chi connectivity index (χ1n) is 9.67. The van der Waals surface area contributed by atoms with Gasteiger partial charge in [0.05, 0.1) is 11.0 Å². The van der Waals surface area contributed by atoms with Crippen LogP contribution in [0.15, 0.2) is 83.8 Å². The van der Waals surface area contributed by atoms with Gasteiger partial charge >= 0.3 is 0 Å². The van der Waals surface area contributed by atoms with Crippen LogP contribution in [0.3, 0.4) is 0 Å². The smallest absolute Gasteiger partial charge is 0.251 e. The van der Waals surface area contributed by atoms with Crippen LogP contribution in [-0.2, 0) is 12.3 Å². The molecule has 0 saturated heterocycles. The summed E-state index contributed by atoms with van der Waals surface area (Å²) in [6, 6.07) is 26.2. The van der Waals surface area contributed by atoms with Gasteiger partial charge in [0.1, 0.15) is 5.82 Å². The average Bonchev–Trinajstić information content (AvgIpc) is 3.08. The number of aryl methyl sites for hydroxylation is 1. The molecule has 1 aromatic heterocycles. The van der Waals surface area contributed by atoms with Crippen LogP contribution in [0.25, 0.3) is 11.0 Å². The molecule has 0 aliphatic rings. The number of para-hydroxylation sites is 2. The lowest BCUT2D eigenvalue weighted by molar-refractivity contribution is 0.0952. The Morgan fingerprint density at radius 1 is 0.966 bits per heavy atom. The van der Waals surface area contributed by atoms with Crippen LogP contribution in [0.4, 0.5) is 0 Å². The number of nitrogens with one attached hydrogen (secondary N) is 1. The van der Waals surface area contributed by atoms with E-state index in [-0.39, 0.29) is 5.91 Å². The Labute approximate surface area is 175 Å². The number of rotatable bonds is 7. The minimum absolute atomic E-state index is 0.0494. The molecule has 4 nitrogen and oxygen atoms in total. The summed E-state index contributed by atoms with van der Waals surface area (Å²) in [5.74, 6) is 1.83. The van der Waals surface area contributed by atoms with Gasteiger partial charge in [0, 0.05) is 29.3 Å². The summed E-state index contributed by atoms with van der Waals surface area (Å²) in [5, 5.41) is 3.01. The molecule has 4 aromatic rings. The Bertz CT molecular complexity index is 1100. The zero-order valence-corrected chi connectivity index (χ0v) is 17.2. The Hall–Kier alpha value is -3.05. The third-order valence-corrected chi connectivity index (χ3v) is 5.91. The molecule has 5 heteroatoms. The van der Waals surface area contributed by atoms with E-state index in [1.165, 1.54) is 5.56 Å². The standard InChI is InChI=1S/C24H23N3OS/c1-18-26-22-9-5-6-10-23(22)27(18)16-15-25-24(28)20-11-13-21(14-12-20)29-17-19-7-3-2-4-8-19/h2-14H,15-17H2,1H3,(H,25,28). The Kier molecular flexibility index (Phi) is 5.96. The summed E-state index contributed by atoms with van der Waals surface area (Å²) in [5.41, 5.74) is 4.06. The van der Waals surface area contributed by atoms with Crippen molar-refractivity contribution < 1.29 is 4.79 Å². The van der Waals surface area contributed by atoms with Crippen LogP contribution in [0, 0.1) is 6.92 Å². The van der Waals surface area contributed by atoms with Crippen LogP contribution >= 0.6 is 11.8 Å². The summed E-state index contributed by atoms with van der Waals surface area (Å²) < 4.78 is 2.14. The van der Waals surface area contributed by atoms with Gasteiger partial charge in [0.25, 0.3) is 5.91 Å². The lowest BCUT2D eigenvalue weighted by atomic mass is 10.2. The minimum Gasteiger partial charge on any atom is -0.350 e. The van der Waals surface area contributed by atoms with Crippen molar-refractivity contribution in [3.05, 3.63) is 95.8 Å². The van der Waals surface area contributed by atoms with Crippen molar-refractivity contribution in [2.24, 2.45) is 0 Å². The highest BCUT2D eigenvalue weighted by Crippen LogP contribution is 2.23. The van der Waals surface area contributed by atoms with E-state index in [1.807, 2.05) is 55.5 Å². The summed E-state index contributed by atoms with van der Waals surface area (Å²) in [4.78, 5) is 18.2. The van der Waals surface area contributed by atoms with Crippen LogP contribution in [0.2, 0.25) is 0 Å². The summed E-state index contributed by atoms with van der Waals surface area (Å²) in [7, 11) is 0. The van der Waals surface area contributed by atoms with Gasteiger partial charge in [-0.25, -0.2) is 4.98 Å². The molecule has 29 heavy (non-hydrogen) atoms. The van der Waals surface area contributed by atoms with Crippen molar-refractivity contribution in [3.63, 3.8) is 0 Å². The topological polar surface area (TPSA) is 46.9 Å². The third kappa shape index (κ3) is 4.69. The molecule has 0 unspecified atom stereocenters. The first-order valence-corrected chi connectivity index (χ1v) is 10.7. The minimum atomic E-state index is -0.0494. The van der Waals surface area contributed by atoms with Crippen molar-refractivity contribution in [2.75, 3.05) is 6.54 Å². The number of carbonyl (C=O) groups excluding carboxylic acids is 1. The van der Waals surface area contributed by atoms with E-state index in [0.29, 0.717) is 18.7 Å². The number of benzene rings is 3. The fourth-order valence-electron chi connectivity index (χ4n) is 3.30. The molecule has 0 saturated carbocycles. The summed E-state index contributed by atoms with van der Waals surface area (Å²) in [6.45, 7) is 3.25. The maximum absolute atomic E-state index is 12.5. The predicted octanol–water partition coefficient (Wildman–Crippen LogP) is 5.07. The summed E-state index contributed by atoms with van der Waals surface area (Å²) in [6.07, 6.45) is 0. The van der Waals surface area contributed by atoms with E-state index in [9.17, 15) is 4.79 Å². The number of hydrogen-bond donors (Lipinski definition) is 1. The van der Waals surface area contributed by atoms with Crippen molar-refractivity contribution in [1.82, 2.24) is 14.9 Å². The van der Waals surface area contributed by atoms with Gasteiger partial charge in [-0.2, -0.15) is 0 Å². The molecular formula is C24H23N3OS. The van der Waals surface area contributed by atoms with Gasteiger partial charge in [-0.3, -0.25) is 4.79 Å². The normalized spacial score (nSPS) is 10.9. The fourth-order valence-corrected chi connectivity index (χ4v) is 4.16. The van der Waals surface area contributed by atoms with E-state index in [0.717, 1.165) is 27.5 Å². The van der Waals surface area contributed by atoms with Gasteiger partial charge in [0.2, 0.25) is 0 Å². The molecular weight excluding hydrogens is 378 g/mol. The number of thioether (sulfide) groups is 1. The predicted molar refractivity (Wildman–Crippen MR) is 119 cm³/mol. The number of hydrogen-bond acceptors (Lipinski definition) is 3. The second-order valence-corrected chi connectivity index (χ2v) is 7.90. The summed E-state index contributed by atoms with van der Waals surface area (Å²) >= 11 is 1.77. The zero-order valence-electron chi connectivity index (χ0n) is 16.3. The van der Waals surface area contributed by atoms with Gasteiger partial charge in [-0.05, 0) is 48.9 Å². The average molecular weight is 402 g/mol. The number of aromatic nitrogens is 2. The van der Waals surface area contributed by atoms with Crippen molar-refractivity contribution in [1.29, 1.82) is 0 Å². The van der Waals surface area contributed by atoms with E-state index in [2.05, 4.69) is 45.2 Å². The van der Waals surface area contributed by atoms with Gasteiger partial charge < -0.3 is 9.88 Å². The highest BCUT2D eigenvalue weighted by Gasteiger charge is 2.08. The number of carbonyl (C=O) groups is 1. The molecule has 3 aromatic carbocycles. The number of imidazole rings is 1. The van der Waals surface area contributed by atoms with Crippen LogP contribution in [0.5, 0.6) is 0 Å². The van der Waals surface area contributed by atoms with Gasteiger partial charge in [-0.1, -0.05) is 42.5 Å². The van der Waals surface area contributed by atoms with E-state index >= 15 is 0 Å². The van der Waals surface area contributed by atoms with Crippen LogP contribution in [0.1, 0.15) is 21.7 Å². The van der Waals surface area contributed by atoms with Crippen molar-refractivity contribution in [2.45, 2.75) is 24.1 Å². The van der Waals surface area contributed by atoms with Crippen molar-refractivity contribution >= 4 is 28.7 Å². The van der Waals surface area contributed by atoms with Gasteiger partial charge in [-0.15, -0.1) is 11.8 Å². The highest BCUT2D eigenvalue weighted by molar-refractivity contribution is 7.98. The zero-order chi connectivity index (χ0) is 20.1. The van der Waals surface area contributed by atoms with E-state index in [4.69, 9.17) is 0 Å². The number of nitrogens with zero attached hydrogens (tertiary/aromatic N) is 2. The lowest BCUT2D eigenvalue weighted by Crippen LogP contribution is -2.27. The number of fused-ring (bicyclic) bond motifs is 1. The molecule has 0 aliphatic carbocycles. The molecule has 1 heterocycles. The molecule has 0 atom stereocenters. The second-order valence-electron chi connectivity index (χ2n) is 6.85. The highest BCUT2D eigenvalue weighted by atomic mass is 32.2. The monoisotopic (exact) mass is 401 g/mol. The molecule has 146 valence electrons. The molecule has 0 fully saturated rings. The molecule has 0 spiro atoms. The molecule has 0 bridgehead atoms. The largest absolute Gasteiger partial charge is 0.350 e. The SMILES string of the molecule is Cc1nc2ccccc2n1CCNC(=O)c1ccc(SCc2ccccc2)cc1. The quantitative estimate of drug-likeness (QED) is 0.440. The molecule has 4 rings (SSSR count). The Balaban J connectivity index is 1.31. The van der Waals surface area contributed by atoms with E-state index in [1.54, 1.807) is 11.8 Å². The molecule has 1 amide bonds. The number of amides is 1. The van der Waals surface area contributed by atoms with Crippen molar-refractivity contribution in [3.8, 4) is 0 Å².